The van der Waals surface area contributed by atoms with Gasteiger partial charge in [0.2, 0.25) is 5.78 Å². The fourth-order valence-corrected chi connectivity index (χ4v) is 6.55. The lowest BCUT2D eigenvalue weighted by atomic mass is 9.60. The monoisotopic (exact) mass is 573 g/mol. The first-order valence-electron chi connectivity index (χ1n) is 9.70. The summed E-state index contributed by atoms with van der Waals surface area (Å²) in [6.07, 6.45) is 1.53. The largest absolute Gasteiger partial charge is 0.616 e. The summed E-state index contributed by atoms with van der Waals surface area (Å²) in [7, 11) is 0. The number of Topliss-reactive ketones (excluding diaryl/α,β-unsaturated/α-hetero) is 2. The molecule has 1 aromatic rings. The topological polar surface area (TPSA) is 181 Å². The molecule has 6 N–H and O–H groups in total. The third-order valence-electron chi connectivity index (χ3n) is 6.45. The minimum Gasteiger partial charge on any atom is -0.616 e. The molecule has 11 heteroatoms. The van der Waals surface area contributed by atoms with Gasteiger partial charge in [0, 0.05) is 27.0 Å². The van der Waals surface area contributed by atoms with E-state index in [0.717, 1.165) is 0 Å². The third kappa shape index (κ3) is 3.17. The number of rotatable bonds is 3. The molecule has 0 aromatic heterocycles. The number of fused-ring (bicyclic) bond motifs is 3. The lowest BCUT2D eigenvalue weighted by molar-refractivity contribution is -0.144. The Kier molecular flexibility index (Phi) is 5.59. The number of aliphatic hydroxyl groups excluding tert-OH is 2. The Morgan fingerprint density at radius 1 is 1.31 bits per heavy atom. The van der Waals surface area contributed by atoms with Crippen molar-refractivity contribution in [2.45, 2.75) is 30.6 Å². The normalized spacial score (nSPS) is 28.2. The number of benzene rings is 1. The molecule has 0 heterocycles. The van der Waals surface area contributed by atoms with Gasteiger partial charge in [0.05, 0.1) is 11.8 Å². The molecule has 0 fully saturated rings. The highest BCUT2D eigenvalue weighted by atomic mass is 127. The van der Waals surface area contributed by atoms with Crippen LogP contribution in [0.4, 0.5) is 0 Å². The summed E-state index contributed by atoms with van der Waals surface area (Å²) in [4.78, 5) is 38.0. The van der Waals surface area contributed by atoms with Crippen molar-refractivity contribution in [3.05, 3.63) is 49.0 Å². The molecule has 4 atom stereocenters. The summed E-state index contributed by atoms with van der Waals surface area (Å²) in [5.41, 5.74) is 2.39. The standard InChI is InChI=1S/C21H20INO8S/c1-32(31)6-8-4-11(22)10-3-7-2-9-5-12(24)15(20(23)29)19(28)21(9,30)18(27)13(7)17(26)14(10)16(8)25/h4,7,9,24-25,27,30H,2-3,5-6H2,1H3,(H2,23,29). The number of allylic oxidation sites excluding steroid dienone is 2. The molecule has 3 aliphatic rings. The zero-order chi connectivity index (χ0) is 23.7. The van der Waals surface area contributed by atoms with E-state index < -0.39 is 63.2 Å². The van der Waals surface area contributed by atoms with Crippen LogP contribution in [0.3, 0.4) is 0 Å². The summed E-state index contributed by atoms with van der Waals surface area (Å²) in [5, 5.41) is 43.1. The predicted octanol–water partition coefficient (Wildman–Crippen LogP) is 1.06. The second kappa shape index (κ2) is 7.75. The second-order valence-electron chi connectivity index (χ2n) is 8.35. The van der Waals surface area contributed by atoms with Gasteiger partial charge < -0.3 is 30.7 Å². The number of phenols is 1. The molecule has 1 aromatic carbocycles. The number of ketones is 2. The molecule has 0 saturated heterocycles. The van der Waals surface area contributed by atoms with Crippen LogP contribution in [0, 0.1) is 15.4 Å². The van der Waals surface area contributed by atoms with Gasteiger partial charge in [-0.15, -0.1) is 0 Å². The van der Waals surface area contributed by atoms with Gasteiger partial charge in [-0.1, -0.05) is 11.2 Å². The minimum absolute atomic E-state index is 0.0212. The van der Waals surface area contributed by atoms with Crippen molar-refractivity contribution < 1.29 is 39.4 Å². The molecule has 170 valence electrons. The van der Waals surface area contributed by atoms with E-state index in [2.05, 4.69) is 0 Å². The molecule has 9 nitrogen and oxygen atoms in total. The van der Waals surface area contributed by atoms with Gasteiger partial charge in [0.1, 0.15) is 28.6 Å². The third-order valence-corrected chi connectivity index (χ3v) is 8.13. The fraction of sp³-hybridized carbons (Fsp3) is 0.381. The van der Waals surface area contributed by atoms with E-state index in [1.807, 2.05) is 22.6 Å². The number of aromatic hydroxyl groups is 1. The summed E-state index contributed by atoms with van der Waals surface area (Å²) >= 11 is 0.740. The van der Waals surface area contributed by atoms with Gasteiger partial charge in [0.25, 0.3) is 5.91 Å². The number of halogens is 1. The molecule has 0 radical (unpaired) electrons. The van der Waals surface area contributed by atoms with Crippen LogP contribution in [-0.2, 0) is 32.9 Å². The van der Waals surface area contributed by atoms with Crippen LogP contribution in [-0.4, -0.2) is 54.3 Å². The number of amides is 1. The average molecular weight is 573 g/mol. The highest BCUT2D eigenvalue weighted by Gasteiger charge is 2.59. The van der Waals surface area contributed by atoms with Gasteiger partial charge in [0.15, 0.2) is 11.4 Å². The van der Waals surface area contributed by atoms with E-state index in [0.29, 0.717) is 14.7 Å². The van der Waals surface area contributed by atoms with Crippen LogP contribution in [0.15, 0.2) is 28.7 Å². The molecule has 0 bridgehead atoms. The average Bonchev–Trinajstić information content (AvgIpc) is 2.68. The molecule has 0 aliphatic heterocycles. The number of nitrogens with two attached hydrogens (primary N) is 1. The Labute approximate surface area is 199 Å². The van der Waals surface area contributed by atoms with Crippen LogP contribution < -0.4 is 5.73 Å². The molecule has 1 amide bonds. The van der Waals surface area contributed by atoms with Gasteiger partial charge in [-0.3, -0.25) is 14.4 Å². The minimum atomic E-state index is -2.58. The Bertz CT molecular complexity index is 1160. The number of hydrogen-bond donors (Lipinski definition) is 5. The van der Waals surface area contributed by atoms with Crippen molar-refractivity contribution in [2.24, 2.45) is 17.6 Å². The summed E-state index contributed by atoms with van der Waals surface area (Å²) in [6, 6.07) is 1.66. The van der Waals surface area contributed by atoms with E-state index in [-0.39, 0.29) is 41.9 Å². The molecule has 4 unspecified atom stereocenters. The molecule has 0 saturated carbocycles. The Morgan fingerprint density at radius 2 is 1.97 bits per heavy atom. The number of aliphatic hydroxyl groups is 3. The highest BCUT2D eigenvalue weighted by Crippen LogP contribution is 2.52. The van der Waals surface area contributed by atoms with Crippen LogP contribution in [0.1, 0.15) is 34.3 Å². The predicted molar refractivity (Wildman–Crippen MR) is 121 cm³/mol. The van der Waals surface area contributed by atoms with E-state index in [9.17, 15) is 39.4 Å². The zero-order valence-electron chi connectivity index (χ0n) is 16.8. The number of phenolic OH excluding ortho intramolecular Hbond substituents is 1. The maximum absolute atomic E-state index is 13.4. The molecule has 0 spiro atoms. The van der Waals surface area contributed by atoms with Crippen molar-refractivity contribution in [1.29, 1.82) is 0 Å². The van der Waals surface area contributed by atoms with Crippen LogP contribution in [0.25, 0.3) is 0 Å². The first kappa shape index (κ1) is 23.1. The van der Waals surface area contributed by atoms with Gasteiger partial charge in [-0.2, -0.15) is 0 Å². The van der Waals surface area contributed by atoms with E-state index in [1.54, 1.807) is 6.07 Å². The number of carbonyl (C=O) groups excluding carboxylic acids is 3. The second-order valence-corrected chi connectivity index (χ2v) is 10.9. The van der Waals surface area contributed by atoms with E-state index in [4.69, 9.17) is 5.73 Å². The Hall–Kier alpha value is -2.09. The van der Waals surface area contributed by atoms with Crippen molar-refractivity contribution >= 4 is 51.2 Å². The quantitative estimate of drug-likeness (QED) is 0.202. The van der Waals surface area contributed by atoms with Crippen molar-refractivity contribution in [3.8, 4) is 5.75 Å². The summed E-state index contributed by atoms with van der Waals surface area (Å²) in [6.45, 7) is 0. The molecule has 4 rings (SSSR count). The Morgan fingerprint density at radius 3 is 2.56 bits per heavy atom. The molecule has 32 heavy (non-hydrogen) atoms. The number of hydrogen-bond acceptors (Lipinski definition) is 8. The molecular formula is C21H20INO8S. The van der Waals surface area contributed by atoms with E-state index >= 15 is 0 Å². The maximum Gasteiger partial charge on any atom is 0.255 e. The SMILES string of the molecule is C[S+]([O-])Cc1cc(I)c2c(c1O)C(=O)C1=C(O)C3(O)C(=O)C(C(N)=O)=C(O)CC3CC1C2. The number of carbonyl (C=O) groups is 3. The van der Waals surface area contributed by atoms with E-state index in [1.165, 1.54) is 6.26 Å². The lowest BCUT2D eigenvalue weighted by Gasteiger charge is -2.45. The van der Waals surface area contributed by atoms with Crippen molar-refractivity contribution in [3.63, 3.8) is 0 Å². The molecule has 3 aliphatic carbocycles. The van der Waals surface area contributed by atoms with Crippen LogP contribution >= 0.6 is 22.6 Å². The zero-order valence-corrected chi connectivity index (χ0v) is 19.8. The first-order chi connectivity index (χ1) is 14.9. The van der Waals surface area contributed by atoms with Crippen LogP contribution in [0.5, 0.6) is 5.75 Å². The summed E-state index contributed by atoms with van der Waals surface area (Å²) < 4.78 is 12.4. The van der Waals surface area contributed by atoms with Gasteiger partial charge in [-0.25, -0.2) is 0 Å². The lowest BCUT2D eigenvalue weighted by Crippen LogP contribution is -2.57. The summed E-state index contributed by atoms with van der Waals surface area (Å²) in [5.74, 6) is -6.55. The van der Waals surface area contributed by atoms with Gasteiger partial charge in [-0.05, 0) is 53.0 Å². The van der Waals surface area contributed by atoms with Crippen LogP contribution in [0.2, 0.25) is 0 Å². The van der Waals surface area contributed by atoms with Crippen molar-refractivity contribution in [1.82, 2.24) is 0 Å². The van der Waals surface area contributed by atoms with Crippen molar-refractivity contribution in [2.75, 3.05) is 6.26 Å². The maximum atomic E-state index is 13.4. The Balaban J connectivity index is 1.90. The smallest absolute Gasteiger partial charge is 0.255 e. The first-order valence-corrected chi connectivity index (χ1v) is 12.5. The fourth-order valence-electron chi connectivity index (χ4n) is 5.02. The molecular weight excluding hydrogens is 553 g/mol. The number of primary amides is 1. The van der Waals surface area contributed by atoms with Gasteiger partial charge >= 0.3 is 0 Å². The highest BCUT2D eigenvalue weighted by molar-refractivity contribution is 14.1.